The number of hydrogen-bond acceptors (Lipinski definition) is 2. The maximum atomic E-state index is 10.2. The molecular weight excluding hydrogens is 212 g/mol. The number of aliphatic hydroxyl groups is 1. The van der Waals surface area contributed by atoms with Gasteiger partial charge in [0.05, 0.1) is 0 Å². The second-order valence-electron chi connectivity index (χ2n) is 4.29. The van der Waals surface area contributed by atoms with E-state index in [1.54, 1.807) is 0 Å². The number of benzene rings is 2. The molecule has 0 aromatic heterocycles. The molecule has 3 rings (SSSR count). The summed E-state index contributed by atoms with van der Waals surface area (Å²) in [6.07, 6.45) is -0.618. The van der Waals surface area contributed by atoms with E-state index >= 15 is 0 Å². The number of rotatable bonds is 3. The quantitative estimate of drug-likeness (QED) is 0.816. The van der Waals surface area contributed by atoms with Gasteiger partial charge in [0.2, 0.25) is 0 Å². The maximum absolute atomic E-state index is 10.2. The lowest BCUT2D eigenvalue weighted by molar-refractivity contribution is 0.137. The average molecular weight is 226 g/mol. The van der Waals surface area contributed by atoms with Crippen molar-refractivity contribution in [2.45, 2.75) is 18.3 Å². The van der Waals surface area contributed by atoms with Crippen LogP contribution < -0.4 is 0 Å². The largest absolute Gasteiger partial charge is 0.386 e. The Morgan fingerprint density at radius 2 is 1.47 bits per heavy atom. The van der Waals surface area contributed by atoms with Gasteiger partial charge in [0.1, 0.15) is 18.3 Å². The number of hydrogen-bond donors (Lipinski definition) is 1. The van der Waals surface area contributed by atoms with Gasteiger partial charge in [-0.2, -0.15) is 0 Å². The van der Waals surface area contributed by atoms with Crippen LogP contribution in [-0.4, -0.2) is 11.2 Å². The maximum Gasteiger partial charge on any atom is 0.119 e. The van der Waals surface area contributed by atoms with Crippen LogP contribution in [0.15, 0.2) is 60.7 Å². The summed E-state index contributed by atoms with van der Waals surface area (Å²) in [6.45, 7) is 0. The van der Waals surface area contributed by atoms with Crippen molar-refractivity contribution in [1.82, 2.24) is 0 Å². The Hall–Kier alpha value is -1.64. The fraction of sp³-hybridized carbons (Fsp3) is 0.200. The summed E-state index contributed by atoms with van der Waals surface area (Å²) >= 11 is 0. The molecular formula is C15H14O2. The molecule has 2 aromatic rings. The Labute approximate surface area is 100 Å². The van der Waals surface area contributed by atoms with Crippen molar-refractivity contribution in [3.05, 3.63) is 71.8 Å². The van der Waals surface area contributed by atoms with Gasteiger partial charge in [-0.25, -0.2) is 0 Å². The molecule has 1 N–H and O–H groups in total. The lowest BCUT2D eigenvalue weighted by Crippen LogP contribution is -2.05. The van der Waals surface area contributed by atoms with Crippen LogP contribution in [-0.2, 0) is 4.74 Å². The minimum Gasteiger partial charge on any atom is -0.386 e. The smallest absolute Gasteiger partial charge is 0.119 e. The molecule has 0 bridgehead atoms. The monoisotopic (exact) mass is 226 g/mol. The van der Waals surface area contributed by atoms with E-state index < -0.39 is 6.10 Å². The molecule has 0 radical (unpaired) electrons. The highest BCUT2D eigenvalue weighted by Gasteiger charge is 2.45. The summed E-state index contributed by atoms with van der Waals surface area (Å²) in [7, 11) is 0. The molecule has 3 atom stereocenters. The number of ether oxygens (including phenoxy) is 1. The van der Waals surface area contributed by atoms with E-state index in [-0.39, 0.29) is 12.2 Å². The molecule has 0 aliphatic carbocycles. The Morgan fingerprint density at radius 3 is 2.12 bits per heavy atom. The number of aliphatic hydroxyl groups excluding tert-OH is 1. The molecule has 1 aliphatic rings. The first-order chi connectivity index (χ1) is 8.36. The summed E-state index contributed by atoms with van der Waals surface area (Å²) < 4.78 is 5.57. The fourth-order valence-corrected chi connectivity index (χ4v) is 2.11. The molecule has 17 heavy (non-hydrogen) atoms. The molecule has 0 unspecified atom stereocenters. The highest BCUT2D eigenvalue weighted by atomic mass is 16.6. The van der Waals surface area contributed by atoms with Crippen LogP contribution >= 0.6 is 0 Å². The first kappa shape index (κ1) is 10.5. The predicted octanol–water partition coefficient (Wildman–Crippen LogP) is 2.86. The SMILES string of the molecule is O[C@H](c1ccccc1)[C@@H]1O[C@H]1c1ccccc1. The van der Waals surface area contributed by atoms with Gasteiger partial charge in [0.15, 0.2) is 0 Å². The molecule has 1 fully saturated rings. The second-order valence-corrected chi connectivity index (χ2v) is 4.29. The fourth-order valence-electron chi connectivity index (χ4n) is 2.11. The summed E-state index contributed by atoms with van der Waals surface area (Å²) in [6, 6.07) is 19.7. The third-order valence-electron chi connectivity index (χ3n) is 3.11. The van der Waals surface area contributed by atoms with Gasteiger partial charge in [-0.1, -0.05) is 60.7 Å². The minimum absolute atomic E-state index is 0.0337. The first-order valence-electron chi connectivity index (χ1n) is 5.79. The van der Waals surface area contributed by atoms with Crippen LogP contribution in [0.2, 0.25) is 0 Å². The summed E-state index contributed by atoms with van der Waals surface area (Å²) in [5.74, 6) is 0. The van der Waals surface area contributed by atoms with Crippen LogP contribution in [0, 0.1) is 0 Å². The third kappa shape index (κ3) is 2.09. The van der Waals surface area contributed by atoms with Crippen molar-refractivity contribution in [2.24, 2.45) is 0 Å². The minimum atomic E-state index is -0.540. The molecule has 1 heterocycles. The average Bonchev–Trinajstić information content (AvgIpc) is 3.20. The van der Waals surface area contributed by atoms with Crippen molar-refractivity contribution >= 4 is 0 Å². The van der Waals surface area contributed by atoms with Crippen LogP contribution in [0.4, 0.5) is 0 Å². The van der Waals surface area contributed by atoms with Gasteiger partial charge in [-0.05, 0) is 11.1 Å². The first-order valence-corrected chi connectivity index (χ1v) is 5.79. The molecule has 0 amide bonds. The van der Waals surface area contributed by atoms with E-state index in [1.165, 1.54) is 0 Å². The summed E-state index contributed by atoms with van der Waals surface area (Å²) in [4.78, 5) is 0. The van der Waals surface area contributed by atoms with Crippen molar-refractivity contribution < 1.29 is 9.84 Å². The van der Waals surface area contributed by atoms with E-state index in [0.29, 0.717) is 0 Å². The molecule has 0 spiro atoms. The normalized spacial score (nSPS) is 24.3. The van der Waals surface area contributed by atoms with Gasteiger partial charge >= 0.3 is 0 Å². The summed E-state index contributed by atoms with van der Waals surface area (Å²) in [5.41, 5.74) is 2.04. The van der Waals surface area contributed by atoms with E-state index in [2.05, 4.69) is 0 Å². The zero-order chi connectivity index (χ0) is 11.7. The van der Waals surface area contributed by atoms with Crippen molar-refractivity contribution in [3.8, 4) is 0 Å². The van der Waals surface area contributed by atoms with E-state index in [0.717, 1.165) is 11.1 Å². The highest BCUT2D eigenvalue weighted by Crippen LogP contribution is 2.45. The Bertz CT molecular complexity index is 481. The zero-order valence-electron chi connectivity index (χ0n) is 9.36. The Morgan fingerprint density at radius 1 is 0.882 bits per heavy atom. The van der Waals surface area contributed by atoms with Crippen molar-refractivity contribution in [2.75, 3.05) is 0 Å². The van der Waals surface area contributed by atoms with Crippen LogP contribution in [0.1, 0.15) is 23.3 Å². The van der Waals surface area contributed by atoms with E-state index in [9.17, 15) is 5.11 Å². The second kappa shape index (κ2) is 4.32. The van der Waals surface area contributed by atoms with Gasteiger partial charge < -0.3 is 9.84 Å². The standard InChI is InChI=1S/C15H14O2/c16-13(11-7-3-1-4-8-11)15-14(17-15)12-9-5-2-6-10-12/h1-10,13-16H/t13-,14+,15+/m1/s1. The molecule has 1 saturated heterocycles. The van der Waals surface area contributed by atoms with Crippen LogP contribution in [0.25, 0.3) is 0 Å². The van der Waals surface area contributed by atoms with Crippen molar-refractivity contribution in [3.63, 3.8) is 0 Å². The van der Waals surface area contributed by atoms with Crippen LogP contribution in [0.5, 0.6) is 0 Å². The third-order valence-corrected chi connectivity index (χ3v) is 3.11. The lowest BCUT2D eigenvalue weighted by Gasteiger charge is -2.07. The zero-order valence-corrected chi connectivity index (χ0v) is 9.36. The molecule has 86 valence electrons. The predicted molar refractivity (Wildman–Crippen MR) is 65.5 cm³/mol. The highest BCUT2D eigenvalue weighted by molar-refractivity contribution is 5.26. The Kier molecular flexibility index (Phi) is 2.67. The van der Waals surface area contributed by atoms with E-state index in [1.807, 2.05) is 60.7 Å². The molecule has 0 saturated carbocycles. The van der Waals surface area contributed by atoms with Gasteiger partial charge in [0.25, 0.3) is 0 Å². The topological polar surface area (TPSA) is 32.8 Å². The van der Waals surface area contributed by atoms with E-state index in [4.69, 9.17) is 4.74 Å². The molecule has 2 aromatic carbocycles. The van der Waals surface area contributed by atoms with Gasteiger partial charge in [0, 0.05) is 0 Å². The van der Waals surface area contributed by atoms with Gasteiger partial charge in [-0.3, -0.25) is 0 Å². The van der Waals surface area contributed by atoms with Gasteiger partial charge in [-0.15, -0.1) is 0 Å². The molecule has 1 aliphatic heterocycles. The van der Waals surface area contributed by atoms with Crippen molar-refractivity contribution in [1.29, 1.82) is 0 Å². The Balaban J connectivity index is 1.73. The molecule has 2 heteroatoms. The summed E-state index contributed by atoms with van der Waals surface area (Å²) in [5, 5.41) is 10.2. The number of epoxide rings is 1. The van der Waals surface area contributed by atoms with Crippen LogP contribution in [0.3, 0.4) is 0 Å². The lowest BCUT2D eigenvalue weighted by atomic mass is 10.0. The molecule has 2 nitrogen and oxygen atoms in total.